The molecule has 1 aromatic rings. The van der Waals surface area contributed by atoms with E-state index in [1.807, 2.05) is 23.1 Å². The zero-order valence-corrected chi connectivity index (χ0v) is 15.0. The number of anilines is 1. The number of aromatic hydroxyl groups is 1. The minimum absolute atomic E-state index is 0.0761. The van der Waals surface area contributed by atoms with E-state index in [1.54, 1.807) is 6.07 Å². The molecule has 5 nitrogen and oxygen atoms in total. The van der Waals surface area contributed by atoms with Crippen molar-refractivity contribution in [2.45, 2.75) is 38.6 Å². The number of fused-ring (bicyclic) bond motifs is 2. The predicted octanol–water partition coefficient (Wildman–Crippen LogP) is 3.05. The molecular formula is C20H29N3O2. The second kappa shape index (κ2) is 6.77. The molecule has 1 aromatic carbocycles. The number of benzene rings is 1. The summed E-state index contributed by atoms with van der Waals surface area (Å²) < 4.78 is 0. The van der Waals surface area contributed by atoms with Gasteiger partial charge in [0, 0.05) is 32.2 Å². The average Bonchev–Trinajstić information content (AvgIpc) is 3.26. The van der Waals surface area contributed by atoms with E-state index in [4.69, 9.17) is 0 Å². The van der Waals surface area contributed by atoms with Crippen molar-refractivity contribution >= 4 is 11.7 Å². The number of nitrogens with zero attached hydrogens (tertiary/aromatic N) is 2. The van der Waals surface area contributed by atoms with Gasteiger partial charge in [-0.15, -0.1) is 0 Å². The van der Waals surface area contributed by atoms with Gasteiger partial charge in [-0.3, -0.25) is 0 Å². The number of urea groups is 1. The SMILES string of the molecule is C[C@@H](NC(=O)N1CCN(c2ccccc2O)CC1)[C@@H]1C[C@H]2CC[C@H]1C2. The van der Waals surface area contributed by atoms with Gasteiger partial charge in [-0.1, -0.05) is 18.6 Å². The first kappa shape index (κ1) is 16.6. The molecular weight excluding hydrogens is 314 g/mol. The number of carbonyl (C=O) groups excluding carboxylic acids is 1. The molecule has 0 aromatic heterocycles. The van der Waals surface area contributed by atoms with Crippen molar-refractivity contribution in [3.63, 3.8) is 0 Å². The van der Waals surface area contributed by atoms with Gasteiger partial charge in [0.25, 0.3) is 0 Å². The maximum Gasteiger partial charge on any atom is 0.317 e. The lowest BCUT2D eigenvalue weighted by Gasteiger charge is -2.37. The topological polar surface area (TPSA) is 55.8 Å². The van der Waals surface area contributed by atoms with Crippen LogP contribution in [0.5, 0.6) is 5.75 Å². The molecule has 136 valence electrons. The summed E-state index contributed by atoms with van der Waals surface area (Å²) in [4.78, 5) is 16.7. The molecule has 3 aliphatic rings. The van der Waals surface area contributed by atoms with Gasteiger partial charge in [-0.25, -0.2) is 4.79 Å². The zero-order chi connectivity index (χ0) is 17.4. The first-order chi connectivity index (χ1) is 12.1. The molecule has 2 amide bonds. The lowest BCUT2D eigenvalue weighted by Crippen LogP contribution is -2.54. The van der Waals surface area contributed by atoms with E-state index in [1.165, 1.54) is 25.7 Å². The molecule has 1 heterocycles. The fourth-order valence-corrected chi connectivity index (χ4v) is 5.18. The van der Waals surface area contributed by atoms with Crippen LogP contribution in [0.4, 0.5) is 10.5 Å². The molecule has 0 spiro atoms. The second-order valence-electron chi connectivity index (χ2n) is 8.04. The van der Waals surface area contributed by atoms with Gasteiger partial charge in [0.15, 0.2) is 0 Å². The zero-order valence-electron chi connectivity index (χ0n) is 15.0. The maximum atomic E-state index is 12.6. The summed E-state index contributed by atoms with van der Waals surface area (Å²) in [6.07, 6.45) is 5.43. The highest BCUT2D eigenvalue weighted by Gasteiger charge is 2.42. The van der Waals surface area contributed by atoms with Crippen molar-refractivity contribution < 1.29 is 9.90 Å². The summed E-state index contributed by atoms with van der Waals surface area (Å²) in [5.41, 5.74) is 0.859. The van der Waals surface area contributed by atoms with Crippen LogP contribution in [-0.2, 0) is 0 Å². The summed E-state index contributed by atoms with van der Waals surface area (Å²) in [7, 11) is 0. The Hall–Kier alpha value is -1.91. The third kappa shape index (κ3) is 3.29. The van der Waals surface area contributed by atoms with E-state index in [-0.39, 0.29) is 12.1 Å². The number of piperazine rings is 1. The molecule has 3 fully saturated rings. The highest BCUT2D eigenvalue weighted by atomic mass is 16.3. The van der Waals surface area contributed by atoms with Crippen LogP contribution in [0.25, 0.3) is 0 Å². The Morgan fingerprint density at radius 2 is 1.92 bits per heavy atom. The average molecular weight is 343 g/mol. The quantitative estimate of drug-likeness (QED) is 0.887. The number of amides is 2. The first-order valence-corrected chi connectivity index (χ1v) is 9.70. The van der Waals surface area contributed by atoms with Crippen molar-refractivity contribution in [2.75, 3.05) is 31.1 Å². The third-order valence-electron chi connectivity index (χ3n) is 6.58. The van der Waals surface area contributed by atoms with Gasteiger partial charge in [-0.2, -0.15) is 0 Å². The van der Waals surface area contributed by atoms with Gasteiger partial charge in [0.1, 0.15) is 5.75 Å². The fourth-order valence-electron chi connectivity index (χ4n) is 5.18. The standard InChI is InChI=1S/C20H29N3O2/c1-14(17-13-15-6-7-16(17)12-15)21-20(25)23-10-8-22(9-11-23)18-4-2-3-5-19(18)24/h2-5,14-17,24H,6-13H2,1H3,(H,21,25)/t14-,15+,16+,17+/m1/s1. The third-order valence-corrected chi connectivity index (χ3v) is 6.58. The van der Waals surface area contributed by atoms with E-state index >= 15 is 0 Å². The Bertz CT molecular complexity index is 627. The lowest BCUT2D eigenvalue weighted by molar-refractivity contribution is 0.179. The highest BCUT2D eigenvalue weighted by Crippen LogP contribution is 2.49. The van der Waals surface area contributed by atoms with Crippen LogP contribution >= 0.6 is 0 Å². The Labute approximate surface area is 150 Å². The van der Waals surface area contributed by atoms with Crippen LogP contribution in [-0.4, -0.2) is 48.3 Å². The fraction of sp³-hybridized carbons (Fsp3) is 0.650. The molecule has 0 unspecified atom stereocenters. The predicted molar refractivity (Wildman–Crippen MR) is 98.8 cm³/mol. The molecule has 2 aliphatic carbocycles. The number of phenols is 1. The summed E-state index contributed by atoms with van der Waals surface area (Å²) in [5, 5.41) is 13.3. The molecule has 2 saturated carbocycles. The number of para-hydroxylation sites is 2. The maximum absolute atomic E-state index is 12.6. The molecule has 4 rings (SSSR count). The number of nitrogens with one attached hydrogen (secondary N) is 1. The molecule has 4 atom stereocenters. The van der Waals surface area contributed by atoms with E-state index in [0.717, 1.165) is 30.6 Å². The van der Waals surface area contributed by atoms with Crippen LogP contribution in [0.15, 0.2) is 24.3 Å². The summed E-state index contributed by atoms with van der Waals surface area (Å²) in [5.74, 6) is 2.73. The Morgan fingerprint density at radius 3 is 2.56 bits per heavy atom. The molecule has 2 N–H and O–H groups in total. The highest BCUT2D eigenvalue weighted by molar-refractivity contribution is 5.75. The van der Waals surface area contributed by atoms with E-state index in [9.17, 15) is 9.90 Å². The normalized spacial score (nSPS) is 29.7. The largest absolute Gasteiger partial charge is 0.506 e. The molecule has 1 saturated heterocycles. The smallest absolute Gasteiger partial charge is 0.317 e. The van der Waals surface area contributed by atoms with Gasteiger partial charge in [0.05, 0.1) is 5.69 Å². The minimum atomic E-state index is 0.0761. The number of carbonyl (C=O) groups is 1. The van der Waals surface area contributed by atoms with Gasteiger partial charge >= 0.3 is 6.03 Å². The van der Waals surface area contributed by atoms with Crippen LogP contribution in [0.3, 0.4) is 0 Å². The number of rotatable bonds is 3. The Kier molecular flexibility index (Phi) is 4.48. The summed E-state index contributed by atoms with van der Waals surface area (Å²) in [6.45, 7) is 5.09. The van der Waals surface area contributed by atoms with E-state index in [2.05, 4.69) is 17.1 Å². The lowest BCUT2D eigenvalue weighted by atomic mass is 9.84. The van der Waals surface area contributed by atoms with Crippen molar-refractivity contribution in [1.82, 2.24) is 10.2 Å². The van der Waals surface area contributed by atoms with E-state index < -0.39 is 0 Å². The van der Waals surface area contributed by atoms with Crippen molar-refractivity contribution in [3.05, 3.63) is 24.3 Å². The van der Waals surface area contributed by atoms with Crippen LogP contribution in [0.2, 0.25) is 0 Å². The first-order valence-electron chi connectivity index (χ1n) is 9.70. The monoisotopic (exact) mass is 343 g/mol. The minimum Gasteiger partial charge on any atom is -0.506 e. The number of phenolic OH excluding ortho intramolecular Hbond substituents is 1. The van der Waals surface area contributed by atoms with Crippen molar-refractivity contribution in [3.8, 4) is 5.75 Å². The summed E-state index contributed by atoms with van der Waals surface area (Å²) in [6, 6.07) is 7.77. The van der Waals surface area contributed by atoms with Crippen LogP contribution < -0.4 is 10.2 Å². The Morgan fingerprint density at radius 1 is 1.16 bits per heavy atom. The van der Waals surface area contributed by atoms with Crippen molar-refractivity contribution in [2.24, 2.45) is 17.8 Å². The molecule has 5 heteroatoms. The molecule has 1 aliphatic heterocycles. The number of hydrogen-bond acceptors (Lipinski definition) is 3. The summed E-state index contributed by atoms with van der Waals surface area (Å²) >= 11 is 0. The van der Waals surface area contributed by atoms with Crippen LogP contribution in [0, 0.1) is 17.8 Å². The molecule has 25 heavy (non-hydrogen) atoms. The van der Waals surface area contributed by atoms with E-state index in [0.29, 0.717) is 24.8 Å². The van der Waals surface area contributed by atoms with Gasteiger partial charge in [0.2, 0.25) is 0 Å². The Balaban J connectivity index is 1.29. The van der Waals surface area contributed by atoms with Crippen LogP contribution in [0.1, 0.15) is 32.6 Å². The van der Waals surface area contributed by atoms with Crippen molar-refractivity contribution in [1.29, 1.82) is 0 Å². The molecule has 2 bridgehead atoms. The van der Waals surface area contributed by atoms with Gasteiger partial charge < -0.3 is 20.2 Å². The second-order valence-corrected chi connectivity index (χ2v) is 8.04. The number of hydrogen-bond donors (Lipinski definition) is 2. The molecule has 0 radical (unpaired) electrons. The van der Waals surface area contributed by atoms with Gasteiger partial charge in [-0.05, 0) is 56.1 Å².